The maximum absolute atomic E-state index is 13.0. The predicted molar refractivity (Wildman–Crippen MR) is 77.4 cm³/mol. The summed E-state index contributed by atoms with van der Waals surface area (Å²) in [5, 5.41) is 7.11. The Labute approximate surface area is 113 Å². The smallest absolute Gasteiger partial charge is 0.171 e. The van der Waals surface area contributed by atoms with Gasteiger partial charge in [-0.1, -0.05) is 19.3 Å². The average molecular weight is 266 g/mol. The first-order valence-corrected chi connectivity index (χ1v) is 6.89. The Bertz CT molecular complexity index is 428. The van der Waals surface area contributed by atoms with Crippen LogP contribution in [0.3, 0.4) is 0 Å². The minimum absolute atomic E-state index is 0.218. The highest BCUT2D eigenvalue weighted by Crippen LogP contribution is 2.18. The molecular formula is C14H19FN2S. The molecule has 0 saturated heterocycles. The van der Waals surface area contributed by atoms with Crippen LogP contribution in [0.1, 0.15) is 37.7 Å². The van der Waals surface area contributed by atoms with E-state index in [9.17, 15) is 4.39 Å². The Hall–Kier alpha value is -1.16. The minimum Gasteiger partial charge on any atom is -0.360 e. The van der Waals surface area contributed by atoms with Gasteiger partial charge in [0.1, 0.15) is 5.82 Å². The van der Waals surface area contributed by atoms with Gasteiger partial charge in [-0.05, 0) is 55.7 Å². The van der Waals surface area contributed by atoms with E-state index in [1.165, 1.54) is 44.2 Å². The zero-order chi connectivity index (χ0) is 13.0. The molecule has 2 nitrogen and oxygen atoms in total. The summed E-state index contributed by atoms with van der Waals surface area (Å²) in [6, 6.07) is 5.16. The molecule has 2 N–H and O–H groups in total. The van der Waals surface area contributed by atoms with Crippen molar-refractivity contribution in [2.45, 2.75) is 45.1 Å². The van der Waals surface area contributed by atoms with Crippen LogP contribution in [0.2, 0.25) is 0 Å². The molecule has 1 aromatic carbocycles. The van der Waals surface area contributed by atoms with Gasteiger partial charge < -0.3 is 10.6 Å². The van der Waals surface area contributed by atoms with Gasteiger partial charge in [0.2, 0.25) is 0 Å². The molecule has 18 heavy (non-hydrogen) atoms. The molecule has 98 valence electrons. The first kappa shape index (κ1) is 13.3. The Morgan fingerprint density at radius 2 is 2.00 bits per heavy atom. The molecular weight excluding hydrogens is 247 g/mol. The molecule has 1 fully saturated rings. The number of thiocarbonyl (C=S) groups is 1. The van der Waals surface area contributed by atoms with Gasteiger partial charge in [-0.2, -0.15) is 0 Å². The van der Waals surface area contributed by atoms with Crippen molar-refractivity contribution in [1.82, 2.24) is 5.32 Å². The summed E-state index contributed by atoms with van der Waals surface area (Å²) in [5.74, 6) is -0.218. The van der Waals surface area contributed by atoms with Crippen molar-refractivity contribution in [1.29, 1.82) is 0 Å². The van der Waals surface area contributed by atoms with Crippen molar-refractivity contribution in [3.05, 3.63) is 29.6 Å². The van der Waals surface area contributed by atoms with Gasteiger partial charge in [-0.25, -0.2) is 4.39 Å². The van der Waals surface area contributed by atoms with Crippen LogP contribution in [0.25, 0.3) is 0 Å². The van der Waals surface area contributed by atoms with Crippen molar-refractivity contribution in [3.8, 4) is 0 Å². The van der Waals surface area contributed by atoms with Gasteiger partial charge in [-0.3, -0.25) is 0 Å². The lowest BCUT2D eigenvalue weighted by molar-refractivity contribution is 0.415. The second-order valence-electron chi connectivity index (χ2n) is 4.89. The van der Waals surface area contributed by atoms with Gasteiger partial charge in [0.25, 0.3) is 0 Å². The molecule has 0 radical (unpaired) electrons. The quantitative estimate of drug-likeness (QED) is 0.797. The summed E-state index contributed by atoms with van der Waals surface area (Å²) in [4.78, 5) is 0. The van der Waals surface area contributed by atoms with Crippen LogP contribution >= 0.6 is 12.2 Å². The maximum Gasteiger partial charge on any atom is 0.171 e. The Kier molecular flexibility index (Phi) is 4.53. The van der Waals surface area contributed by atoms with Crippen LogP contribution in [0, 0.1) is 12.7 Å². The van der Waals surface area contributed by atoms with Crippen LogP contribution in [0.15, 0.2) is 18.2 Å². The first-order valence-electron chi connectivity index (χ1n) is 6.49. The number of benzene rings is 1. The molecule has 1 aliphatic rings. The second-order valence-corrected chi connectivity index (χ2v) is 5.30. The summed E-state index contributed by atoms with van der Waals surface area (Å²) >= 11 is 5.29. The molecule has 2 rings (SSSR count). The molecule has 1 aliphatic carbocycles. The number of rotatable bonds is 2. The highest BCUT2D eigenvalue weighted by atomic mass is 32.1. The molecule has 0 spiro atoms. The first-order chi connectivity index (χ1) is 8.65. The van der Waals surface area contributed by atoms with E-state index in [1.807, 2.05) is 6.92 Å². The second kappa shape index (κ2) is 6.14. The summed E-state index contributed by atoms with van der Waals surface area (Å²) in [6.07, 6.45) is 6.25. The van der Waals surface area contributed by atoms with Crippen LogP contribution < -0.4 is 10.6 Å². The third-order valence-electron chi connectivity index (χ3n) is 3.38. The Morgan fingerprint density at radius 3 is 2.67 bits per heavy atom. The van der Waals surface area contributed by atoms with Crippen LogP contribution in [-0.4, -0.2) is 11.2 Å². The monoisotopic (exact) mass is 266 g/mol. The van der Waals surface area contributed by atoms with Crippen molar-refractivity contribution < 1.29 is 4.39 Å². The lowest BCUT2D eigenvalue weighted by Crippen LogP contribution is -2.38. The minimum atomic E-state index is -0.218. The van der Waals surface area contributed by atoms with E-state index in [4.69, 9.17) is 12.2 Å². The standard InChI is InChI=1S/C14H19FN2S/c1-10-9-11(15)7-8-13(10)17-14(18)16-12-5-3-2-4-6-12/h7-9,12H,2-6H2,1H3,(H2,16,17,18). The Morgan fingerprint density at radius 1 is 1.28 bits per heavy atom. The summed E-state index contributed by atoms with van der Waals surface area (Å²) in [5.41, 5.74) is 1.73. The summed E-state index contributed by atoms with van der Waals surface area (Å²) in [6.45, 7) is 1.87. The number of hydrogen-bond acceptors (Lipinski definition) is 1. The predicted octanol–water partition coefficient (Wildman–Crippen LogP) is 3.75. The summed E-state index contributed by atoms with van der Waals surface area (Å²) in [7, 11) is 0. The Balaban J connectivity index is 1.90. The largest absolute Gasteiger partial charge is 0.360 e. The van der Waals surface area contributed by atoms with Crippen molar-refractivity contribution in [3.63, 3.8) is 0 Å². The number of aryl methyl sites for hydroxylation is 1. The highest BCUT2D eigenvalue weighted by Gasteiger charge is 2.14. The van der Waals surface area contributed by atoms with Crippen LogP contribution in [-0.2, 0) is 0 Å². The molecule has 0 heterocycles. The normalized spacial score (nSPS) is 16.3. The SMILES string of the molecule is Cc1cc(F)ccc1NC(=S)NC1CCCCC1. The lowest BCUT2D eigenvalue weighted by Gasteiger charge is -2.24. The van der Waals surface area contributed by atoms with Crippen molar-refractivity contribution in [2.75, 3.05) is 5.32 Å². The lowest BCUT2D eigenvalue weighted by atomic mass is 9.96. The average Bonchev–Trinajstić information content (AvgIpc) is 2.34. The number of anilines is 1. The van der Waals surface area contributed by atoms with Gasteiger partial charge in [0.05, 0.1) is 0 Å². The van der Waals surface area contributed by atoms with E-state index in [2.05, 4.69) is 10.6 Å². The topological polar surface area (TPSA) is 24.1 Å². The van der Waals surface area contributed by atoms with Crippen LogP contribution in [0.4, 0.5) is 10.1 Å². The van der Waals surface area contributed by atoms with Gasteiger partial charge in [-0.15, -0.1) is 0 Å². The van der Waals surface area contributed by atoms with Crippen molar-refractivity contribution in [2.24, 2.45) is 0 Å². The zero-order valence-electron chi connectivity index (χ0n) is 10.6. The molecule has 0 aromatic heterocycles. The van der Waals surface area contributed by atoms with E-state index in [-0.39, 0.29) is 5.82 Å². The van der Waals surface area contributed by atoms with Crippen molar-refractivity contribution >= 4 is 23.0 Å². The molecule has 1 saturated carbocycles. The molecule has 0 aliphatic heterocycles. The fourth-order valence-electron chi connectivity index (χ4n) is 2.36. The zero-order valence-corrected chi connectivity index (χ0v) is 11.4. The number of halogens is 1. The third kappa shape index (κ3) is 3.67. The molecule has 1 aromatic rings. The van der Waals surface area contributed by atoms with E-state index in [0.29, 0.717) is 11.2 Å². The van der Waals surface area contributed by atoms with E-state index in [1.54, 1.807) is 6.07 Å². The number of nitrogens with one attached hydrogen (secondary N) is 2. The molecule has 0 atom stereocenters. The molecule has 4 heteroatoms. The maximum atomic E-state index is 13.0. The number of hydrogen-bond donors (Lipinski definition) is 2. The van der Waals surface area contributed by atoms with Gasteiger partial charge in [0, 0.05) is 11.7 Å². The van der Waals surface area contributed by atoms with E-state index >= 15 is 0 Å². The van der Waals surface area contributed by atoms with E-state index < -0.39 is 0 Å². The van der Waals surface area contributed by atoms with Gasteiger partial charge in [0.15, 0.2) is 5.11 Å². The van der Waals surface area contributed by atoms with Crippen LogP contribution in [0.5, 0.6) is 0 Å². The fourth-order valence-corrected chi connectivity index (χ4v) is 2.63. The molecule has 0 bridgehead atoms. The third-order valence-corrected chi connectivity index (χ3v) is 3.60. The highest BCUT2D eigenvalue weighted by molar-refractivity contribution is 7.80. The summed E-state index contributed by atoms with van der Waals surface area (Å²) < 4.78 is 13.0. The van der Waals surface area contributed by atoms with Gasteiger partial charge >= 0.3 is 0 Å². The van der Waals surface area contributed by atoms with E-state index in [0.717, 1.165) is 11.3 Å². The molecule has 0 amide bonds. The fraction of sp³-hybridized carbons (Fsp3) is 0.500. The molecule has 0 unspecified atom stereocenters.